The standard InChI is InChI=1S/C44H47F4N7O3/c1-4-30-33(45)9-6-26-18-29(56)19-31(34(26)30)35-37(46)39-36(32-22-52(2)51-38(32)35)40(55-27-7-8-28(55)21-54(20-27)14-5-17-57-3)50-41(49-39)58-25-42(10-11-42)24-53-15-12-43(13-16-53)23-44(43,47)48/h1,6,9,18-19,22,27-28,56H,5,7-8,10-17,20-21,23-25H2,2-3H3. The van der Waals surface area contributed by atoms with Crippen LogP contribution in [0, 0.1) is 34.8 Å². The molecule has 10 rings (SSSR count). The van der Waals surface area contributed by atoms with E-state index in [4.69, 9.17) is 31.0 Å². The number of rotatable bonds is 11. The molecule has 0 radical (unpaired) electrons. The third kappa shape index (κ3) is 6.15. The zero-order valence-corrected chi connectivity index (χ0v) is 32.8. The summed E-state index contributed by atoms with van der Waals surface area (Å²) in [4.78, 5) is 17.0. The number of anilines is 1. The number of piperazine rings is 1. The van der Waals surface area contributed by atoms with E-state index in [2.05, 4.69) is 20.6 Å². The summed E-state index contributed by atoms with van der Waals surface area (Å²) in [6.07, 6.45) is 13.4. The van der Waals surface area contributed by atoms with Gasteiger partial charge in [-0.25, -0.2) is 17.6 Å². The van der Waals surface area contributed by atoms with Crippen LogP contribution in [0.1, 0.15) is 56.9 Å². The van der Waals surface area contributed by atoms with Crippen LogP contribution in [-0.2, 0) is 11.8 Å². The van der Waals surface area contributed by atoms with E-state index in [9.17, 15) is 13.9 Å². The van der Waals surface area contributed by atoms with E-state index in [0.29, 0.717) is 66.6 Å². The Labute approximate surface area is 334 Å². The minimum Gasteiger partial charge on any atom is -0.508 e. The molecule has 2 aromatic heterocycles. The van der Waals surface area contributed by atoms with Crippen molar-refractivity contribution < 1.29 is 32.1 Å². The molecule has 2 bridgehead atoms. The Morgan fingerprint density at radius 1 is 0.983 bits per heavy atom. The molecule has 3 saturated heterocycles. The van der Waals surface area contributed by atoms with Crippen molar-refractivity contribution in [2.45, 2.75) is 69.4 Å². The summed E-state index contributed by atoms with van der Waals surface area (Å²) in [5, 5.41) is 17.5. The first-order valence-electron chi connectivity index (χ1n) is 20.4. The van der Waals surface area contributed by atoms with Gasteiger partial charge >= 0.3 is 6.01 Å². The number of hydrogen-bond acceptors (Lipinski definition) is 9. The van der Waals surface area contributed by atoms with Crippen LogP contribution in [0.2, 0.25) is 0 Å². The molecule has 2 atom stereocenters. The van der Waals surface area contributed by atoms with Gasteiger partial charge in [0.05, 0.1) is 17.6 Å². The van der Waals surface area contributed by atoms with Crippen molar-refractivity contribution in [3.05, 3.63) is 47.7 Å². The third-order valence-electron chi connectivity index (χ3n) is 13.8. The second-order valence-corrected chi connectivity index (χ2v) is 17.6. The number of benzene rings is 3. The van der Waals surface area contributed by atoms with Crippen molar-refractivity contribution in [1.82, 2.24) is 29.5 Å². The van der Waals surface area contributed by atoms with E-state index in [1.807, 2.05) is 6.20 Å². The highest BCUT2D eigenvalue weighted by molar-refractivity contribution is 6.18. The van der Waals surface area contributed by atoms with Gasteiger partial charge in [-0.3, -0.25) is 9.58 Å². The lowest BCUT2D eigenvalue weighted by molar-refractivity contribution is 0.0251. The highest BCUT2D eigenvalue weighted by Crippen LogP contribution is 2.66. The minimum absolute atomic E-state index is 0.00154. The number of terminal acetylenes is 1. The third-order valence-corrected chi connectivity index (χ3v) is 13.8. The number of halogens is 4. The molecule has 3 aromatic carbocycles. The van der Waals surface area contributed by atoms with Crippen LogP contribution >= 0.6 is 0 Å². The van der Waals surface area contributed by atoms with Crippen molar-refractivity contribution in [2.75, 3.05) is 64.5 Å². The Kier molecular flexibility index (Phi) is 8.85. The van der Waals surface area contributed by atoms with Crippen LogP contribution in [0.5, 0.6) is 11.8 Å². The molecule has 0 amide bonds. The number of fused-ring (bicyclic) bond motifs is 6. The Morgan fingerprint density at radius 3 is 2.40 bits per heavy atom. The highest BCUT2D eigenvalue weighted by atomic mass is 19.3. The Bertz CT molecular complexity index is 2490. The second-order valence-electron chi connectivity index (χ2n) is 17.6. The number of aryl methyl sites for hydroxylation is 1. The molecule has 5 heterocycles. The molecular formula is C44H47F4N7O3. The van der Waals surface area contributed by atoms with Gasteiger partial charge in [-0.05, 0) is 87.2 Å². The number of likely N-dealkylation sites (tertiary alicyclic amines) is 2. The first kappa shape index (κ1) is 37.6. The topological polar surface area (TPSA) is 92.0 Å². The van der Waals surface area contributed by atoms with Gasteiger partial charge in [-0.2, -0.15) is 15.1 Å². The number of ether oxygens (including phenoxy) is 2. The fourth-order valence-electron chi connectivity index (χ4n) is 10.4. The molecule has 2 saturated carbocycles. The lowest BCUT2D eigenvalue weighted by atomic mass is 9.91. The normalized spacial score (nSPS) is 23.3. The van der Waals surface area contributed by atoms with Crippen LogP contribution in [0.15, 0.2) is 30.5 Å². The fraction of sp³-hybridized carbons (Fsp3) is 0.523. The summed E-state index contributed by atoms with van der Waals surface area (Å²) < 4.78 is 74.8. The molecule has 5 aliphatic rings. The summed E-state index contributed by atoms with van der Waals surface area (Å²) >= 11 is 0. The zero-order chi connectivity index (χ0) is 40.1. The van der Waals surface area contributed by atoms with Gasteiger partial charge in [0.25, 0.3) is 5.92 Å². The van der Waals surface area contributed by atoms with Crippen LogP contribution in [-0.4, -0.2) is 112 Å². The van der Waals surface area contributed by atoms with Crippen molar-refractivity contribution in [1.29, 1.82) is 0 Å². The van der Waals surface area contributed by atoms with Crippen molar-refractivity contribution in [3.8, 4) is 35.2 Å². The molecule has 10 nitrogen and oxygen atoms in total. The van der Waals surface area contributed by atoms with Gasteiger partial charge < -0.3 is 24.4 Å². The number of alkyl halides is 2. The molecule has 58 heavy (non-hydrogen) atoms. The van der Waals surface area contributed by atoms with Crippen LogP contribution in [0.4, 0.5) is 23.4 Å². The number of methoxy groups -OCH3 is 1. The number of aromatic hydroxyl groups is 1. The van der Waals surface area contributed by atoms with Crippen LogP contribution < -0.4 is 9.64 Å². The fourth-order valence-corrected chi connectivity index (χ4v) is 10.4. The van der Waals surface area contributed by atoms with Crippen molar-refractivity contribution >= 4 is 38.4 Å². The molecule has 1 N–H and O–H groups in total. The second kappa shape index (κ2) is 13.7. The molecule has 304 valence electrons. The number of nitrogens with zero attached hydrogens (tertiary/aromatic N) is 7. The van der Waals surface area contributed by atoms with Gasteiger partial charge in [0.2, 0.25) is 0 Å². The molecule has 5 fully saturated rings. The molecule has 14 heteroatoms. The zero-order valence-electron chi connectivity index (χ0n) is 32.8. The maximum absolute atomic E-state index is 17.9. The van der Waals surface area contributed by atoms with E-state index < -0.39 is 23.0 Å². The molecule has 3 aliphatic heterocycles. The van der Waals surface area contributed by atoms with Gasteiger partial charge in [0.1, 0.15) is 28.4 Å². The van der Waals surface area contributed by atoms with Gasteiger partial charge in [-0.1, -0.05) is 12.0 Å². The summed E-state index contributed by atoms with van der Waals surface area (Å²) in [7, 11) is 3.47. The predicted molar refractivity (Wildman–Crippen MR) is 213 cm³/mol. The number of aromatic nitrogens is 4. The van der Waals surface area contributed by atoms with E-state index in [0.717, 1.165) is 58.3 Å². The monoisotopic (exact) mass is 797 g/mol. The van der Waals surface area contributed by atoms with Crippen LogP contribution in [0.3, 0.4) is 0 Å². The van der Waals surface area contributed by atoms with E-state index in [1.54, 1.807) is 18.8 Å². The molecule has 5 aromatic rings. The Hall–Kier alpha value is -4.71. The first-order valence-corrected chi connectivity index (χ1v) is 20.4. The highest BCUT2D eigenvalue weighted by Gasteiger charge is 2.70. The molecule has 2 aliphatic carbocycles. The SMILES string of the molecule is C#Cc1c(F)ccc2cc(O)cc(-c3c(F)c4nc(OCC5(CN6CCC7(CC6)CC7(F)F)CC5)nc(N5C6CCC5CN(CCCOC)C6)c4c4cn(C)nc34)c12. The average molecular weight is 798 g/mol. The number of phenolic OH excluding ortho intramolecular Hbond substituents is 1. The predicted octanol–water partition coefficient (Wildman–Crippen LogP) is 7.27. The molecule has 1 spiro atoms. The average Bonchev–Trinajstić information content (AvgIpc) is 3.98. The number of hydrogen-bond donors (Lipinski definition) is 1. The van der Waals surface area contributed by atoms with Gasteiger partial charge in [0.15, 0.2) is 5.82 Å². The van der Waals surface area contributed by atoms with E-state index >= 15 is 8.78 Å². The van der Waals surface area contributed by atoms with Crippen molar-refractivity contribution in [3.63, 3.8) is 0 Å². The first-order chi connectivity index (χ1) is 27.9. The maximum atomic E-state index is 17.9. The van der Waals surface area contributed by atoms with E-state index in [-0.39, 0.29) is 63.3 Å². The Balaban J connectivity index is 1.08. The summed E-state index contributed by atoms with van der Waals surface area (Å²) in [5.74, 6) is -0.994. The minimum atomic E-state index is -2.54. The quantitative estimate of drug-likeness (QED) is 0.0842. The maximum Gasteiger partial charge on any atom is 0.319 e. The van der Waals surface area contributed by atoms with Crippen LogP contribution in [0.25, 0.3) is 43.7 Å². The number of phenols is 1. The summed E-state index contributed by atoms with van der Waals surface area (Å²) in [6.45, 7) is 5.56. The lowest BCUT2D eigenvalue weighted by Gasteiger charge is -2.42. The molecular weight excluding hydrogens is 751 g/mol. The summed E-state index contributed by atoms with van der Waals surface area (Å²) in [5.41, 5.74) is -0.464. The number of piperidine rings is 1. The molecule has 2 unspecified atom stereocenters. The van der Waals surface area contributed by atoms with Gasteiger partial charge in [0, 0.05) is 98.8 Å². The largest absolute Gasteiger partial charge is 0.508 e. The van der Waals surface area contributed by atoms with E-state index in [1.165, 1.54) is 24.3 Å². The van der Waals surface area contributed by atoms with Crippen molar-refractivity contribution in [2.24, 2.45) is 17.9 Å². The smallest absolute Gasteiger partial charge is 0.319 e. The van der Waals surface area contributed by atoms with Gasteiger partial charge in [-0.15, -0.1) is 6.42 Å². The Morgan fingerprint density at radius 2 is 1.72 bits per heavy atom. The lowest BCUT2D eigenvalue weighted by Crippen LogP contribution is -2.54. The summed E-state index contributed by atoms with van der Waals surface area (Å²) in [6, 6.07) is 5.91.